The molecule has 23 heavy (non-hydrogen) atoms. The van der Waals surface area contributed by atoms with Gasteiger partial charge < -0.3 is 4.90 Å². The van der Waals surface area contributed by atoms with Crippen LogP contribution in [0.4, 0.5) is 0 Å². The molecule has 4 rings (SSSR count). The third-order valence-electron chi connectivity index (χ3n) is 5.97. The number of carbonyl (C=O) groups excluding carboxylic acids is 1. The monoisotopic (exact) mass is 309 g/mol. The maximum absolute atomic E-state index is 13.2. The molecule has 2 saturated carbocycles. The summed E-state index contributed by atoms with van der Waals surface area (Å²) >= 11 is 0. The van der Waals surface area contributed by atoms with Crippen molar-refractivity contribution in [2.75, 3.05) is 0 Å². The highest BCUT2D eigenvalue weighted by atomic mass is 16.2. The summed E-state index contributed by atoms with van der Waals surface area (Å²) in [5.41, 5.74) is 1.16. The number of rotatable bonds is 4. The Kier molecular flexibility index (Phi) is 3.82. The molecule has 5 atom stereocenters. The lowest BCUT2D eigenvalue weighted by molar-refractivity contribution is -0.148. The van der Waals surface area contributed by atoms with Gasteiger partial charge in [0.25, 0.3) is 0 Å². The highest BCUT2D eigenvalue weighted by Gasteiger charge is 2.55. The Hall–Kier alpha value is -1.86. The van der Waals surface area contributed by atoms with Crippen molar-refractivity contribution in [2.45, 2.75) is 50.9 Å². The summed E-state index contributed by atoms with van der Waals surface area (Å²) in [6.07, 6.45) is 4.88. The standard InChI is InChI=1S/C19H23N3O/c20-10-4-7-16-21-18-15-9-8-14(11-15)17(18)19(23)22(16)12-13-5-2-1-3-6-13/h1-3,5-6,14-18,21H,4,7-9,11-12H2/t14-,15+,16+,17+,18-/m0/s1. The fraction of sp³-hybridized carbons (Fsp3) is 0.579. The van der Waals surface area contributed by atoms with E-state index in [4.69, 9.17) is 5.26 Å². The van der Waals surface area contributed by atoms with E-state index in [1.807, 2.05) is 23.1 Å². The van der Waals surface area contributed by atoms with Gasteiger partial charge in [0.1, 0.15) is 0 Å². The van der Waals surface area contributed by atoms with Crippen LogP contribution in [-0.2, 0) is 11.3 Å². The Morgan fingerprint density at radius 2 is 2.00 bits per heavy atom. The first kappa shape index (κ1) is 14.7. The number of nitrogens with zero attached hydrogens (tertiary/aromatic N) is 2. The number of hydrogen-bond donors (Lipinski definition) is 1. The molecule has 2 bridgehead atoms. The Morgan fingerprint density at radius 1 is 1.22 bits per heavy atom. The maximum Gasteiger partial charge on any atom is 0.229 e. The van der Waals surface area contributed by atoms with E-state index in [0.29, 0.717) is 36.8 Å². The molecule has 4 heteroatoms. The lowest BCUT2D eigenvalue weighted by Crippen LogP contribution is -2.64. The molecule has 1 saturated heterocycles. The summed E-state index contributed by atoms with van der Waals surface area (Å²) in [7, 11) is 0. The van der Waals surface area contributed by atoms with E-state index in [9.17, 15) is 4.79 Å². The molecule has 2 aliphatic carbocycles. The van der Waals surface area contributed by atoms with E-state index < -0.39 is 0 Å². The van der Waals surface area contributed by atoms with Gasteiger partial charge in [-0.05, 0) is 43.1 Å². The molecule has 1 heterocycles. The molecule has 0 aromatic heterocycles. The summed E-state index contributed by atoms with van der Waals surface area (Å²) < 4.78 is 0. The van der Waals surface area contributed by atoms with Crippen molar-refractivity contribution >= 4 is 5.91 Å². The third-order valence-corrected chi connectivity index (χ3v) is 5.97. The summed E-state index contributed by atoms with van der Waals surface area (Å²) in [4.78, 5) is 15.2. The van der Waals surface area contributed by atoms with Crippen LogP contribution in [0.3, 0.4) is 0 Å². The van der Waals surface area contributed by atoms with E-state index in [1.54, 1.807) is 0 Å². The molecule has 1 amide bonds. The van der Waals surface area contributed by atoms with E-state index >= 15 is 0 Å². The fourth-order valence-corrected chi connectivity index (χ4v) is 4.95. The van der Waals surface area contributed by atoms with Crippen LogP contribution in [0.5, 0.6) is 0 Å². The summed E-state index contributed by atoms with van der Waals surface area (Å²) in [5, 5.41) is 12.7. The third kappa shape index (κ3) is 2.53. The molecule has 4 nitrogen and oxygen atoms in total. The molecule has 1 aliphatic heterocycles. The van der Waals surface area contributed by atoms with Gasteiger partial charge in [0.05, 0.1) is 18.2 Å². The predicted octanol–water partition coefficient (Wildman–Crippen LogP) is 2.66. The number of benzene rings is 1. The Labute approximate surface area is 137 Å². The summed E-state index contributed by atoms with van der Waals surface area (Å²) in [6, 6.07) is 12.7. The fourth-order valence-electron chi connectivity index (χ4n) is 4.95. The zero-order chi connectivity index (χ0) is 15.8. The summed E-state index contributed by atoms with van der Waals surface area (Å²) in [5.74, 6) is 1.71. The van der Waals surface area contributed by atoms with E-state index in [2.05, 4.69) is 23.5 Å². The molecule has 3 aliphatic rings. The van der Waals surface area contributed by atoms with E-state index in [1.165, 1.54) is 19.3 Å². The molecule has 0 unspecified atom stereocenters. The number of amides is 1. The van der Waals surface area contributed by atoms with Crippen molar-refractivity contribution in [3.8, 4) is 6.07 Å². The second kappa shape index (κ2) is 5.98. The zero-order valence-corrected chi connectivity index (χ0v) is 13.3. The van der Waals surface area contributed by atoms with Gasteiger partial charge in [-0.1, -0.05) is 30.3 Å². The van der Waals surface area contributed by atoms with Gasteiger partial charge in [0.15, 0.2) is 0 Å². The van der Waals surface area contributed by atoms with Gasteiger partial charge in [-0.15, -0.1) is 0 Å². The number of fused-ring (bicyclic) bond motifs is 5. The van der Waals surface area contributed by atoms with Gasteiger partial charge in [-0.3, -0.25) is 10.1 Å². The molecule has 3 fully saturated rings. The van der Waals surface area contributed by atoms with Crippen LogP contribution in [0, 0.1) is 29.1 Å². The van der Waals surface area contributed by atoms with Crippen molar-refractivity contribution in [2.24, 2.45) is 17.8 Å². The molecule has 1 aromatic rings. The second-order valence-corrected chi connectivity index (χ2v) is 7.22. The van der Waals surface area contributed by atoms with Crippen molar-refractivity contribution in [1.82, 2.24) is 10.2 Å². The van der Waals surface area contributed by atoms with Gasteiger partial charge in [0.2, 0.25) is 5.91 Å². The Morgan fingerprint density at radius 3 is 2.78 bits per heavy atom. The molecule has 0 radical (unpaired) electrons. The second-order valence-electron chi connectivity index (χ2n) is 7.22. The maximum atomic E-state index is 13.2. The minimum atomic E-state index is 0.00274. The van der Waals surface area contributed by atoms with Crippen LogP contribution in [0.2, 0.25) is 0 Å². The first-order valence-corrected chi connectivity index (χ1v) is 8.75. The minimum absolute atomic E-state index is 0.00274. The van der Waals surface area contributed by atoms with Gasteiger partial charge in [-0.25, -0.2) is 0 Å². The topological polar surface area (TPSA) is 56.1 Å². The molecule has 120 valence electrons. The van der Waals surface area contributed by atoms with Crippen molar-refractivity contribution in [1.29, 1.82) is 5.26 Å². The zero-order valence-electron chi connectivity index (χ0n) is 13.3. The van der Waals surface area contributed by atoms with E-state index in [0.717, 1.165) is 12.0 Å². The number of nitrogens with one attached hydrogen (secondary N) is 1. The van der Waals surface area contributed by atoms with Gasteiger partial charge in [-0.2, -0.15) is 5.26 Å². The summed E-state index contributed by atoms with van der Waals surface area (Å²) in [6.45, 7) is 0.642. The number of nitriles is 1. The SMILES string of the molecule is N#CCC[C@@H]1N[C@H]2[C@@H]3CC[C@@H](C3)[C@H]2C(=O)N1Cc1ccccc1. The average Bonchev–Trinajstić information content (AvgIpc) is 3.18. The highest BCUT2D eigenvalue weighted by molar-refractivity contribution is 5.82. The lowest BCUT2D eigenvalue weighted by atomic mass is 9.81. The molecule has 1 aromatic carbocycles. The number of carbonyl (C=O) groups is 1. The highest BCUT2D eigenvalue weighted by Crippen LogP contribution is 2.51. The first-order valence-electron chi connectivity index (χ1n) is 8.75. The Balaban J connectivity index is 1.58. The average molecular weight is 309 g/mol. The smallest absolute Gasteiger partial charge is 0.229 e. The van der Waals surface area contributed by atoms with Crippen LogP contribution in [0.1, 0.15) is 37.7 Å². The van der Waals surface area contributed by atoms with Gasteiger partial charge in [0, 0.05) is 19.0 Å². The number of hydrogen-bond acceptors (Lipinski definition) is 3. The lowest BCUT2D eigenvalue weighted by Gasteiger charge is -2.46. The van der Waals surface area contributed by atoms with Crippen LogP contribution >= 0.6 is 0 Å². The van der Waals surface area contributed by atoms with Crippen molar-refractivity contribution in [3.63, 3.8) is 0 Å². The van der Waals surface area contributed by atoms with Crippen LogP contribution in [0.25, 0.3) is 0 Å². The predicted molar refractivity (Wildman–Crippen MR) is 86.9 cm³/mol. The Bertz CT molecular complexity index is 623. The van der Waals surface area contributed by atoms with E-state index in [-0.39, 0.29) is 12.1 Å². The first-order chi connectivity index (χ1) is 11.3. The van der Waals surface area contributed by atoms with Crippen molar-refractivity contribution < 1.29 is 4.79 Å². The molecule has 0 spiro atoms. The normalized spacial score (nSPS) is 35.2. The van der Waals surface area contributed by atoms with Crippen LogP contribution in [-0.4, -0.2) is 23.0 Å². The minimum Gasteiger partial charge on any atom is -0.323 e. The van der Waals surface area contributed by atoms with Crippen molar-refractivity contribution in [3.05, 3.63) is 35.9 Å². The largest absolute Gasteiger partial charge is 0.323 e. The molecule has 1 N–H and O–H groups in total. The van der Waals surface area contributed by atoms with Crippen LogP contribution in [0.15, 0.2) is 30.3 Å². The molecular weight excluding hydrogens is 286 g/mol. The quantitative estimate of drug-likeness (QED) is 0.930. The van der Waals surface area contributed by atoms with Gasteiger partial charge >= 0.3 is 0 Å². The molecular formula is C19H23N3O. The van der Waals surface area contributed by atoms with Crippen LogP contribution < -0.4 is 5.32 Å².